The molecule has 0 radical (unpaired) electrons. The number of hydrogen-bond acceptors (Lipinski definition) is 2. The summed E-state index contributed by atoms with van der Waals surface area (Å²) in [4.78, 5) is 1.68. The van der Waals surface area contributed by atoms with Gasteiger partial charge >= 0.3 is 0 Å². The fourth-order valence-corrected chi connectivity index (χ4v) is 1.90. The molecule has 0 unspecified atom stereocenters. The van der Waals surface area contributed by atoms with Crippen LogP contribution in [-0.2, 0) is 6.54 Å². The molecule has 1 rings (SSSR count). The van der Waals surface area contributed by atoms with Gasteiger partial charge in [-0.2, -0.15) is 0 Å². The van der Waals surface area contributed by atoms with E-state index >= 15 is 0 Å². The van der Waals surface area contributed by atoms with Gasteiger partial charge in [0.25, 0.3) is 0 Å². The number of hydrogen-bond donors (Lipinski definition) is 1. The van der Waals surface area contributed by atoms with E-state index in [0.717, 1.165) is 6.42 Å². The van der Waals surface area contributed by atoms with Gasteiger partial charge in [-0.15, -0.1) is 0 Å². The summed E-state index contributed by atoms with van der Waals surface area (Å²) in [6.07, 6.45) is 0.805. The van der Waals surface area contributed by atoms with Crippen LogP contribution in [0.1, 0.15) is 46.6 Å². The number of benzene rings is 1. The van der Waals surface area contributed by atoms with Crippen molar-refractivity contribution in [1.82, 2.24) is 5.32 Å². The quantitative estimate of drug-likeness (QED) is 0.846. The molecule has 1 aromatic carbocycles. The first-order valence-electron chi connectivity index (χ1n) is 7.14. The molecule has 0 aliphatic heterocycles. The van der Waals surface area contributed by atoms with Crippen molar-refractivity contribution in [3.8, 4) is 0 Å². The molecular formula is C16H26F2N2. The summed E-state index contributed by atoms with van der Waals surface area (Å²) in [7, 11) is 1.73. The van der Waals surface area contributed by atoms with Crippen LogP contribution in [0.5, 0.6) is 0 Å². The molecule has 2 nitrogen and oxygen atoms in total. The molecule has 0 heterocycles. The van der Waals surface area contributed by atoms with Gasteiger partial charge in [-0.05, 0) is 38.0 Å². The van der Waals surface area contributed by atoms with Crippen LogP contribution in [0.4, 0.5) is 14.5 Å². The van der Waals surface area contributed by atoms with Crippen LogP contribution >= 0.6 is 0 Å². The highest BCUT2D eigenvalue weighted by molar-refractivity contribution is 5.52. The third-order valence-corrected chi connectivity index (χ3v) is 3.90. The number of nitrogens with zero attached hydrogens (tertiary/aromatic N) is 1. The molecule has 0 amide bonds. The van der Waals surface area contributed by atoms with E-state index in [1.807, 2.05) is 34.6 Å². The molecule has 0 spiro atoms. The largest absolute Gasteiger partial charge is 0.365 e. The van der Waals surface area contributed by atoms with Crippen LogP contribution < -0.4 is 10.2 Å². The predicted octanol–water partition coefficient (Wildman–Crippen LogP) is 4.09. The molecule has 20 heavy (non-hydrogen) atoms. The molecule has 0 fully saturated rings. The molecule has 1 N–H and O–H groups in total. The van der Waals surface area contributed by atoms with Gasteiger partial charge < -0.3 is 10.2 Å². The highest BCUT2D eigenvalue weighted by atomic mass is 19.1. The zero-order chi connectivity index (χ0) is 15.5. The second-order valence-corrected chi connectivity index (χ2v) is 6.17. The smallest absolute Gasteiger partial charge is 0.149 e. The molecule has 0 atom stereocenters. The highest BCUT2D eigenvalue weighted by Crippen LogP contribution is 2.30. The van der Waals surface area contributed by atoms with Crippen molar-refractivity contribution in [3.05, 3.63) is 29.3 Å². The molecule has 0 bridgehead atoms. The lowest BCUT2D eigenvalue weighted by molar-refractivity contribution is 0.451. The Morgan fingerprint density at radius 1 is 1.20 bits per heavy atom. The molecule has 0 aliphatic rings. The second kappa shape index (κ2) is 6.53. The van der Waals surface area contributed by atoms with Gasteiger partial charge in [0.15, 0.2) is 0 Å². The summed E-state index contributed by atoms with van der Waals surface area (Å²) in [5.41, 5.74) is 0.379. The van der Waals surface area contributed by atoms with Crippen molar-refractivity contribution in [1.29, 1.82) is 0 Å². The van der Waals surface area contributed by atoms with E-state index in [9.17, 15) is 8.78 Å². The fourth-order valence-electron chi connectivity index (χ4n) is 1.90. The zero-order valence-corrected chi connectivity index (χ0v) is 13.3. The van der Waals surface area contributed by atoms with Gasteiger partial charge in [0, 0.05) is 25.2 Å². The lowest BCUT2D eigenvalue weighted by atomic mass is 9.98. The minimum absolute atomic E-state index is 0.0464. The van der Waals surface area contributed by atoms with E-state index in [0.29, 0.717) is 12.1 Å². The maximum Gasteiger partial charge on any atom is 0.149 e. The highest BCUT2D eigenvalue weighted by Gasteiger charge is 2.26. The SMILES string of the molecule is CCC(C)(C)N(C)c1c(F)cc(CNC(C)C)cc1F. The first kappa shape index (κ1) is 16.9. The molecule has 0 saturated heterocycles. The fraction of sp³-hybridized carbons (Fsp3) is 0.625. The Bertz CT molecular complexity index is 433. The van der Waals surface area contributed by atoms with Gasteiger partial charge in [-0.1, -0.05) is 20.8 Å². The lowest BCUT2D eigenvalue weighted by Gasteiger charge is -2.37. The molecule has 4 heteroatoms. The molecular weight excluding hydrogens is 258 g/mol. The third kappa shape index (κ3) is 3.92. The second-order valence-electron chi connectivity index (χ2n) is 6.17. The van der Waals surface area contributed by atoms with Crippen LogP contribution in [0.25, 0.3) is 0 Å². The summed E-state index contributed by atoms with van der Waals surface area (Å²) in [5, 5.41) is 3.16. The first-order chi connectivity index (χ1) is 9.19. The Hall–Kier alpha value is -1.16. The Balaban J connectivity index is 3.06. The minimum atomic E-state index is -0.505. The summed E-state index contributed by atoms with van der Waals surface area (Å²) in [5.74, 6) is -1.01. The zero-order valence-electron chi connectivity index (χ0n) is 13.3. The normalized spacial score (nSPS) is 12.1. The predicted molar refractivity (Wildman–Crippen MR) is 81.1 cm³/mol. The molecule has 0 aliphatic carbocycles. The number of rotatable bonds is 6. The molecule has 0 aromatic heterocycles. The van der Waals surface area contributed by atoms with E-state index in [4.69, 9.17) is 0 Å². The van der Waals surface area contributed by atoms with Crippen LogP contribution in [0.2, 0.25) is 0 Å². The van der Waals surface area contributed by atoms with E-state index < -0.39 is 11.6 Å². The topological polar surface area (TPSA) is 15.3 Å². The van der Waals surface area contributed by atoms with Crippen molar-refractivity contribution in [3.63, 3.8) is 0 Å². The summed E-state index contributed by atoms with van der Waals surface area (Å²) in [6.45, 7) is 10.4. The summed E-state index contributed by atoms with van der Waals surface area (Å²) >= 11 is 0. The summed E-state index contributed by atoms with van der Waals surface area (Å²) < 4.78 is 28.5. The van der Waals surface area contributed by atoms with Gasteiger partial charge in [0.05, 0.1) is 0 Å². The van der Waals surface area contributed by atoms with E-state index in [1.54, 1.807) is 11.9 Å². The first-order valence-corrected chi connectivity index (χ1v) is 7.14. The Morgan fingerprint density at radius 2 is 1.70 bits per heavy atom. The lowest BCUT2D eigenvalue weighted by Crippen LogP contribution is -2.41. The van der Waals surface area contributed by atoms with Crippen LogP contribution in [0, 0.1) is 11.6 Å². The number of nitrogens with one attached hydrogen (secondary N) is 1. The van der Waals surface area contributed by atoms with Crippen molar-refractivity contribution in [2.75, 3.05) is 11.9 Å². The third-order valence-electron chi connectivity index (χ3n) is 3.90. The standard InChI is InChI=1S/C16H26F2N2/c1-7-16(4,5)20(6)15-13(17)8-12(9-14(15)18)10-19-11(2)3/h8-9,11,19H,7,10H2,1-6H3. The molecule has 0 saturated carbocycles. The van der Waals surface area contributed by atoms with Crippen LogP contribution in [0.15, 0.2) is 12.1 Å². The number of anilines is 1. The average Bonchev–Trinajstić information content (AvgIpc) is 2.35. The van der Waals surface area contributed by atoms with Gasteiger partial charge in [-0.3, -0.25) is 0 Å². The molecule has 1 aromatic rings. The van der Waals surface area contributed by atoms with E-state index in [2.05, 4.69) is 5.32 Å². The van der Waals surface area contributed by atoms with Crippen molar-refractivity contribution in [2.45, 2.75) is 59.2 Å². The van der Waals surface area contributed by atoms with Gasteiger partial charge in [0.1, 0.15) is 17.3 Å². The maximum absolute atomic E-state index is 14.2. The number of halogens is 2. The van der Waals surface area contributed by atoms with Crippen LogP contribution in [0.3, 0.4) is 0 Å². The molecule has 114 valence electrons. The van der Waals surface area contributed by atoms with Crippen LogP contribution in [-0.4, -0.2) is 18.6 Å². The van der Waals surface area contributed by atoms with Gasteiger partial charge in [0.2, 0.25) is 0 Å². The van der Waals surface area contributed by atoms with Crippen molar-refractivity contribution in [2.24, 2.45) is 0 Å². The minimum Gasteiger partial charge on any atom is -0.365 e. The Morgan fingerprint density at radius 3 is 2.10 bits per heavy atom. The Kier molecular flexibility index (Phi) is 5.51. The van der Waals surface area contributed by atoms with Gasteiger partial charge in [-0.25, -0.2) is 8.78 Å². The maximum atomic E-state index is 14.2. The van der Waals surface area contributed by atoms with Crippen molar-refractivity contribution >= 4 is 5.69 Å². The average molecular weight is 284 g/mol. The monoisotopic (exact) mass is 284 g/mol. The Labute approximate surface area is 121 Å². The van der Waals surface area contributed by atoms with E-state index in [1.165, 1.54) is 12.1 Å². The van der Waals surface area contributed by atoms with E-state index in [-0.39, 0.29) is 17.3 Å². The van der Waals surface area contributed by atoms with Crippen molar-refractivity contribution < 1.29 is 8.78 Å². The summed E-state index contributed by atoms with van der Waals surface area (Å²) in [6, 6.07) is 3.11.